The van der Waals surface area contributed by atoms with Crippen molar-refractivity contribution < 1.29 is 57.7 Å². The summed E-state index contributed by atoms with van der Waals surface area (Å²) >= 11 is 2.43. The molecule has 1 aliphatic carbocycles. The number of benzene rings is 1. The fourth-order valence-electron chi connectivity index (χ4n) is 2.51. The van der Waals surface area contributed by atoms with Gasteiger partial charge in [0, 0.05) is 0 Å². The summed E-state index contributed by atoms with van der Waals surface area (Å²) in [6.45, 7) is 12.3. The van der Waals surface area contributed by atoms with Gasteiger partial charge in [0.15, 0.2) is 0 Å². The summed E-state index contributed by atoms with van der Waals surface area (Å²) in [5.74, 6) is 0. The maximum atomic E-state index is 2.58. The molecule has 0 saturated heterocycles. The van der Waals surface area contributed by atoms with E-state index >= 15 is 0 Å². The van der Waals surface area contributed by atoms with Crippen molar-refractivity contribution in [3.63, 3.8) is 0 Å². The van der Waals surface area contributed by atoms with Crippen LogP contribution in [0, 0.1) is 0 Å². The van der Waals surface area contributed by atoms with Crippen molar-refractivity contribution in [3.05, 3.63) is 53.8 Å². The quantitative estimate of drug-likeness (QED) is 0.427. The van der Waals surface area contributed by atoms with Gasteiger partial charge in [0.05, 0.1) is 0 Å². The van der Waals surface area contributed by atoms with Gasteiger partial charge in [0.2, 0.25) is 0 Å². The Hall–Kier alpha value is 0.718. The Morgan fingerprint density at radius 3 is 1.77 bits per heavy atom. The molecule has 0 fully saturated rings. The minimum absolute atomic E-state index is 0. The third-order valence-corrected chi connectivity index (χ3v) is 13.9. The van der Waals surface area contributed by atoms with Gasteiger partial charge in [0.1, 0.15) is 0 Å². The maximum absolute atomic E-state index is 2.58. The Morgan fingerprint density at radius 2 is 1.36 bits per heavy atom. The van der Waals surface area contributed by atoms with E-state index < -0.39 is 16.1 Å². The minimum Gasteiger partial charge on any atom is -1.00 e. The Morgan fingerprint density at radius 1 is 0.864 bits per heavy atom. The molecule has 0 N–H and O–H groups in total. The number of hydrogen-bond acceptors (Lipinski definition) is 0. The third-order valence-electron chi connectivity index (χ3n) is 4.30. The van der Waals surface area contributed by atoms with Crippen molar-refractivity contribution in [1.82, 2.24) is 0 Å². The van der Waals surface area contributed by atoms with Crippen molar-refractivity contribution in [1.29, 1.82) is 0 Å². The van der Waals surface area contributed by atoms with Crippen molar-refractivity contribution >= 4 is 21.3 Å². The van der Waals surface area contributed by atoms with Crippen LogP contribution in [0.4, 0.5) is 0 Å². The van der Waals surface area contributed by atoms with Crippen LogP contribution in [0.25, 0.3) is 0 Å². The van der Waals surface area contributed by atoms with E-state index in [1.165, 1.54) is 0 Å². The zero-order chi connectivity index (χ0) is 14.3. The molecule has 0 nitrogen and oxygen atoms in total. The summed E-state index contributed by atoms with van der Waals surface area (Å²) in [5, 5.41) is 3.17. The average Bonchev–Trinajstić information content (AvgIpc) is 2.75. The van der Waals surface area contributed by atoms with Gasteiger partial charge in [-0.25, -0.2) is 0 Å². The predicted molar refractivity (Wildman–Crippen MR) is 86.8 cm³/mol. The van der Waals surface area contributed by atoms with Gasteiger partial charge in [-0.15, -0.1) is 0 Å². The van der Waals surface area contributed by atoms with Crippen LogP contribution in [0.2, 0.25) is 36.1 Å². The Bertz CT molecular complexity index is 536. The van der Waals surface area contributed by atoms with Crippen LogP contribution < -0.4 is 42.4 Å². The summed E-state index contributed by atoms with van der Waals surface area (Å²) in [4.78, 5) is 0. The summed E-state index contributed by atoms with van der Waals surface area (Å²) in [7, 11) is -2.73. The molecule has 1 atom stereocenters. The molecular formula is C16H23Cl3Si2Ti. The molecule has 0 amide bonds. The largest absolute Gasteiger partial charge is 1.00 e. The van der Waals surface area contributed by atoms with Crippen molar-refractivity contribution in [2.24, 2.45) is 0 Å². The fraction of sp³-hybridized carbons (Fsp3) is 0.375. The molecule has 22 heavy (non-hydrogen) atoms. The molecular weight excluding hydrogens is 403 g/mol. The van der Waals surface area contributed by atoms with Crippen LogP contribution >= 0.6 is 0 Å². The van der Waals surface area contributed by atoms with Crippen molar-refractivity contribution in [2.75, 3.05) is 0 Å². The molecule has 0 aromatic heterocycles. The second kappa shape index (κ2) is 8.71. The Labute approximate surface area is 167 Å². The van der Waals surface area contributed by atoms with Crippen LogP contribution in [0.3, 0.4) is 0 Å². The van der Waals surface area contributed by atoms with E-state index in [1.54, 1.807) is 10.4 Å². The van der Waals surface area contributed by atoms with Crippen molar-refractivity contribution in [3.8, 4) is 0 Å². The first-order chi connectivity index (χ1) is 8.67. The molecule has 1 aliphatic rings. The first-order valence-electron chi connectivity index (χ1n) is 6.90. The molecule has 1 unspecified atom stereocenters. The first kappa shape index (κ1) is 25.0. The van der Waals surface area contributed by atoms with Gasteiger partial charge >= 0.3 is 132 Å². The first-order valence-corrected chi connectivity index (χ1v) is 14.2. The van der Waals surface area contributed by atoms with Crippen LogP contribution in [0.15, 0.2) is 53.8 Å². The van der Waals surface area contributed by atoms with E-state index in [-0.39, 0.29) is 40.6 Å². The Kier molecular flexibility index (Phi) is 9.88. The van der Waals surface area contributed by atoms with E-state index in [2.05, 4.69) is 102 Å². The van der Waals surface area contributed by atoms with Gasteiger partial charge in [-0.3, -0.25) is 0 Å². The molecule has 0 aliphatic heterocycles. The third kappa shape index (κ3) is 4.86. The van der Waals surface area contributed by atoms with Crippen molar-refractivity contribution in [2.45, 2.75) is 36.1 Å². The van der Waals surface area contributed by atoms with Gasteiger partial charge in [-0.1, -0.05) is 0 Å². The summed E-state index contributed by atoms with van der Waals surface area (Å²) in [6.07, 6.45) is 7.46. The average molecular weight is 426 g/mol. The van der Waals surface area contributed by atoms with E-state index in [1.807, 2.05) is 0 Å². The fourth-order valence-corrected chi connectivity index (χ4v) is 7.69. The second-order valence-corrected chi connectivity index (χ2v) is 18.8. The molecule has 0 spiro atoms. The molecule has 0 radical (unpaired) electrons. The van der Waals surface area contributed by atoms with Gasteiger partial charge in [0.25, 0.3) is 0 Å². The molecule has 1 aromatic carbocycles. The summed E-state index contributed by atoms with van der Waals surface area (Å²) in [5.41, 5.74) is 0. The van der Waals surface area contributed by atoms with E-state index in [0.29, 0.717) is 0 Å². The van der Waals surface area contributed by atoms with Crippen LogP contribution in [-0.2, 0) is 20.4 Å². The summed E-state index contributed by atoms with van der Waals surface area (Å²) in [6, 6.07) is 11.1. The number of allylic oxidation sites excluding steroid dienone is 4. The monoisotopic (exact) mass is 424 g/mol. The zero-order valence-corrected chi connectivity index (χ0v) is 19.6. The van der Waals surface area contributed by atoms with Crippen LogP contribution in [0.5, 0.6) is 0 Å². The molecule has 6 heteroatoms. The normalized spacial score (nSPS) is 20.4. The van der Waals surface area contributed by atoms with Gasteiger partial charge in [-0.05, 0) is 0 Å². The maximum Gasteiger partial charge on any atom is -1.00 e. The number of halogens is 3. The number of hydrogen-bond donors (Lipinski definition) is 0. The van der Waals surface area contributed by atoms with E-state index in [0.717, 1.165) is 0 Å². The zero-order valence-electron chi connectivity index (χ0n) is 13.8. The number of rotatable bonds is 3. The summed E-state index contributed by atoms with van der Waals surface area (Å²) < 4.78 is 0.254. The van der Waals surface area contributed by atoms with Gasteiger partial charge < -0.3 is 37.2 Å². The molecule has 1 aromatic rings. The smallest absolute Gasteiger partial charge is 1.00 e. The van der Waals surface area contributed by atoms with Gasteiger partial charge in [-0.2, -0.15) is 0 Å². The molecule has 0 heterocycles. The second-order valence-electron chi connectivity index (χ2n) is 7.04. The molecule has 120 valence electrons. The van der Waals surface area contributed by atoms with Crippen LogP contribution in [0.1, 0.15) is 0 Å². The SMILES string of the molecule is C[Si](C)(C)C1=C[C]([Ti+3])([Si](C)(C)c2ccccc2)C=C1.[Cl-].[Cl-].[Cl-]. The molecule has 0 bridgehead atoms. The minimum atomic E-state index is -1.53. The molecule has 2 rings (SSSR count). The Balaban J connectivity index is 0. The topological polar surface area (TPSA) is 0 Å². The standard InChI is InChI=1S/C16H23Si2.3ClH.Ti/c1-17(2,3)15-11-12-16(13-15)18(4,5)14-9-7-6-8-10-14;;;;/h6-13H,1-5H3;3*1H;/q;;;;+3/p-3. The van der Waals surface area contributed by atoms with E-state index in [9.17, 15) is 0 Å². The molecule has 0 saturated carbocycles. The predicted octanol–water partition coefficient (Wildman–Crippen LogP) is -4.77. The van der Waals surface area contributed by atoms with Crippen LogP contribution in [-0.4, -0.2) is 16.1 Å². The van der Waals surface area contributed by atoms with E-state index in [4.69, 9.17) is 0 Å².